The zero-order chi connectivity index (χ0) is 14.2. The molecule has 2 atom stereocenters. The van der Waals surface area contributed by atoms with E-state index in [0.717, 1.165) is 6.42 Å². The van der Waals surface area contributed by atoms with E-state index in [1.54, 1.807) is 17.0 Å². The Labute approximate surface area is 119 Å². The average molecular weight is 284 g/mol. The lowest BCUT2D eigenvalue weighted by molar-refractivity contribution is 0.168. The summed E-state index contributed by atoms with van der Waals surface area (Å²) in [6.07, 6.45) is 4.29. The van der Waals surface area contributed by atoms with Gasteiger partial charge in [0.25, 0.3) is 5.56 Å². The second-order valence-electron chi connectivity index (χ2n) is 6.35. The van der Waals surface area contributed by atoms with Gasteiger partial charge in [-0.3, -0.25) is 4.79 Å². The average Bonchev–Trinajstić information content (AvgIpc) is 2.33. The number of hydrogen-bond donors (Lipinski definition) is 1. The summed E-state index contributed by atoms with van der Waals surface area (Å²) in [5, 5.41) is 3.41. The first kappa shape index (κ1) is 14.4. The van der Waals surface area contributed by atoms with Crippen LogP contribution in [0.25, 0.3) is 0 Å². The third kappa shape index (κ3) is 2.78. The molecule has 0 saturated heterocycles. The van der Waals surface area contributed by atoms with Crippen LogP contribution in [0.2, 0.25) is 0 Å². The van der Waals surface area contributed by atoms with Crippen LogP contribution in [0, 0.1) is 11.3 Å². The van der Waals surface area contributed by atoms with E-state index in [4.69, 9.17) is 11.6 Å². The Morgan fingerprint density at radius 1 is 1.58 bits per heavy atom. The van der Waals surface area contributed by atoms with Gasteiger partial charge in [-0.05, 0) is 12.3 Å². The fourth-order valence-corrected chi connectivity index (χ4v) is 2.70. The molecule has 1 heterocycles. The van der Waals surface area contributed by atoms with E-state index in [2.05, 4.69) is 38.0 Å². The quantitative estimate of drug-likeness (QED) is 0.865. The largest absolute Gasteiger partial charge is 0.362 e. The van der Waals surface area contributed by atoms with Crippen molar-refractivity contribution in [3.05, 3.63) is 22.7 Å². The molecule has 19 heavy (non-hydrogen) atoms. The van der Waals surface area contributed by atoms with E-state index in [1.807, 2.05) is 0 Å². The Kier molecular flexibility index (Phi) is 3.90. The predicted octanol–water partition coefficient (Wildman–Crippen LogP) is 2.72. The van der Waals surface area contributed by atoms with Gasteiger partial charge in [-0.15, -0.1) is 11.6 Å². The molecule has 1 saturated carbocycles. The normalized spacial score (nSPS) is 25.2. The van der Waals surface area contributed by atoms with Gasteiger partial charge >= 0.3 is 0 Å². The molecular weight excluding hydrogens is 262 g/mol. The van der Waals surface area contributed by atoms with Crippen LogP contribution in [0.3, 0.4) is 0 Å². The summed E-state index contributed by atoms with van der Waals surface area (Å²) in [5.41, 5.74) is -0.0565. The molecule has 0 bridgehead atoms. The van der Waals surface area contributed by atoms with Gasteiger partial charge in [0.2, 0.25) is 0 Å². The number of nitrogens with zero attached hydrogens (tertiary/aromatic N) is 2. The molecule has 0 amide bonds. The van der Waals surface area contributed by atoms with Crippen molar-refractivity contribution in [1.82, 2.24) is 9.55 Å². The van der Waals surface area contributed by atoms with E-state index in [9.17, 15) is 4.79 Å². The topological polar surface area (TPSA) is 46.9 Å². The van der Waals surface area contributed by atoms with Crippen LogP contribution < -0.4 is 10.9 Å². The van der Waals surface area contributed by atoms with E-state index in [-0.39, 0.29) is 22.4 Å². The number of halogens is 1. The van der Waals surface area contributed by atoms with Gasteiger partial charge < -0.3 is 9.88 Å². The molecule has 0 aliphatic heterocycles. The molecule has 1 aliphatic rings. The van der Waals surface area contributed by atoms with Crippen molar-refractivity contribution in [2.24, 2.45) is 11.3 Å². The molecule has 1 fully saturated rings. The molecule has 106 valence electrons. The highest BCUT2D eigenvalue weighted by Crippen LogP contribution is 2.45. The van der Waals surface area contributed by atoms with Crippen LogP contribution in [0.1, 0.15) is 34.1 Å². The Morgan fingerprint density at radius 2 is 2.26 bits per heavy atom. The van der Waals surface area contributed by atoms with Crippen molar-refractivity contribution in [3.8, 4) is 0 Å². The first-order chi connectivity index (χ1) is 8.82. The summed E-state index contributed by atoms with van der Waals surface area (Å²) in [5.74, 6) is 0.866. The zero-order valence-electron chi connectivity index (χ0n) is 12.0. The molecule has 1 aromatic rings. The Balaban J connectivity index is 2.16. The molecule has 1 N–H and O–H groups in total. The number of alkyl halides is 1. The first-order valence-electron chi connectivity index (χ1n) is 6.78. The van der Waals surface area contributed by atoms with Gasteiger partial charge in [-0.25, -0.2) is 4.98 Å². The smallest absolute Gasteiger partial charge is 0.293 e. The summed E-state index contributed by atoms with van der Waals surface area (Å²) < 4.78 is 1.71. The van der Waals surface area contributed by atoms with Crippen LogP contribution in [0.15, 0.2) is 17.2 Å². The summed E-state index contributed by atoms with van der Waals surface area (Å²) >= 11 is 6.20. The maximum atomic E-state index is 12.3. The Morgan fingerprint density at radius 3 is 2.79 bits per heavy atom. The van der Waals surface area contributed by atoms with Crippen LogP contribution in [0.4, 0.5) is 5.82 Å². The molecule has 4 nitrogen and oxygen atoms in total. The van der Waals surface area contributed by atoms with E-state index >= 15 is 0 Å². The summed E-state index contributed by atoms with van der Waals surface area (Å²) in [6, 6.07) is 0.213. The minimum Gasteiger partial charge on any atom is -0.362 e. The third-order valence-corrected chi connectivity index (χ3v) is 4.68. The second kappa shape index (κ2) is 5.16. The molecule has 0 spiro atoms. The number of aromatic nitrogens is 2. The lowest BCUT2D eigenvalue weighted by Crippen LogP contribution is -2.55. The fraction of sp³-hybridized carbons (Fsp3) is 0.714. The highest BCUT2D eigenvalue weighted by molar-refractivity contribution is 6.21. The number of anilines is 1. The minimum absolute atomic E-state index is 0.00556. The van der Waals surface area contributed by atoms with Crippen LogP contribution >= 0.6 is 11.6 Å². The molecule has 2 unspecified atom stereocenters. The van der Waals surface area contributed by atoms with Gasteiger partial charge in [0.1, 0.15) is 0 Å². The maximum absolute atomic E-state index is 12.3. The molecule has 2 rings (SSSR count). The van der Waals surface area contributed by atoms with Crippen molar-refractivity contribution < 1.29 is 0 Å². The lowest BCUT2D eigenvalue weighted by Gasteiger charge is -2.49. The summed E-state index contributed by atoms with van der Waals surface area (Å²) in [7, 11) is 0. The SMILES string of the molecule is CC(C)Cn1ccnc(NC2CC(Cl)C2(C)C)c1=O. The maximum Gasteiger partial charge on any atom is 0.293 e. The van der Waals surface area contributed by atoms with Gasteiger partial charge in [-0.1, -0.05) is 27.7 Å². The number of rotatable bonds is 4. The molecule has 1 aromatic heterocycles. The Bertz CT molecular complexity index is 510. The monoisotopic (exact) mass is 283 g/mol. The number of hydrogen-bond acceptors (Lipinski definition) is 3. The third-order valence-electron chi connectivity index (χ3n) is 3.93. The Hall–Kier alpha value is -1.03. The van der Waals surface area contributed by atoms with E-state index in [0.29, 0.717) is 18.3 Å². The van der Waals surface area contributed by atoms with E-state index < -0.39 is 0 Å². The molecule has 1 aliphatic carbocycles. The van der Waals surface area contributed by atoms with Crippen molar-refractivity contribution in [1.29, 1.82) is 0 Å². The predicted molar refractivity (Wildman–Crippen MR) is 78.8 cm³/mol. The van der Waals surface area contributed by atoms with Gasteiger partial charge in [0, 0.05) is 35.8 Å². The van der Waals surface area contributed by atoms with Gasteiger partial charge in [0.05, 0.1) is 0 Å². The fourth-order valence-electron chi connectivity index (χ4n) is 2.37. The molecule has 0 radical (unpaired) electrons. The molecule has 5 heteroatoms. The highest BCUT2D eigenvalue weighted by atomic mass is 35.5. The highest BCUT2D eigenvalue weighted by Gasteiger charge is 2.47. The summed E-state index contributed by atoms with van der Waals surface area (Å²) in [6.45, 7) is 9.12. The molecular formula is C14H22ClN3O. The van der Waals surface area contributed by atoms with Gasteiger partial charge in [-0.2, -0.15) is 0 Å². The van der Waals surface area contributed by atoms with Crippen LogP contribution in [0.5, 0.6) is 0 Å². The van der Waals surface area contributed by atoms with E-state index in [1.165, 1.54) is 0 Å². The van der Waals surface area contributed by atoms with Crippen LogP contribution in [-0.4, -0.2) is 21.0 Å². The van der Waals surface area contributed by atoms with Crippen molar-refractivity contribution >= 4 is 17.4 Å². The van der Waals surface area contributed by atoms with Gasteiger partial charge in [0.15, 0.2) is 5.82 Å². The number of nitrogens with one attached hydrogen (secondary N) is 1. The van der Waals surface area contributed by atoms with Crippen LogP contribution in [-0.2, 0) is 6.54 Å². The zero-order valence-corrected chi connectivity index (χ0v) is 12.7. The summed E-state index contributed by atoms with van der Waals surface area (Å²) in [4.78, 5) is 16.4. The van der Waals surface area contributed by atoms with Crippen molar-refractivity contribution in [2.45, 2.75) is 52.1 Å². The lowest BCUT2D eigenvalue weighted by atomic mass is 9.67. The first-order valence-corrected chi connectivity index (χ1v) is 7.22. The van der Waals surface area contributed by atoms with Crippen molar-refractivity contribution in [3.63, 3.8) is 0 Å². The van der Waals surface area contributed by atoms with Crippen molar-refractivity contribution in [2.75, 3.05) is 5.32 Å². The minimum atomic E-state index is -0.0509. The second-order valence-corrected chi connectivity index (χ2v) is 6.88. The molecule has 0 aromatic carbocycles. The standard InChI is InChI=1S/C14H22ClN3O/c1-9(2)8-18-6-5-16-12(13(18)19)17-11-7-10(15)14(11,3)4/h5-6,9-11H,7-8H2,1-4H3,(H,16,17).